The molecule has 2 atom stereocenters. The zero-order chi connectivity index (χ0) is 17.1. The molecule has 0 aromatic heterocycles. The number of amides is 2. The summed E-state index contributed by atoms with van der Waals surface area (Å²) in [7, 11) is 0. The van der Waals surface area contributed by atoms with Gasteiger partial charge in [0.2, 0.25) is 11.8 Å². The monoisotopic (exact) mass is 330 g/mol. The molecular formula is C19H26N2O3. The van der Waals surface area contributed by atoms with E-state index < -0.39 is 0 Å². The highest BCUT2D eigenvalue weighted by molar-refractivity contribution is 5.99. The zero-order valence-corrected chi connectivity index (χ0v) is 14.5. The van der Waals surface area contributed by atoms with Crippen molar-refractivity contribution >= 4 is 17.5 Å². The molecule has 2 aliphatic heterocycles. The lowest BCUT2D eigenvalue weighted by atomic mass is 10.1. The Morgan fingerprint density at radius 1 is 1.42 bits per heavy atom. The number of hydrogen-bond acceptors (Lipinski definition) is 3. The Bertz CT molecular complexity index is 610. The molecule has 0 radical (unpaired) electrons. The van der Waals surface area contributed by atoms with Crippen molar-refractivity contribution in [2.75, 3.05) is 31.1 Å². The first-order valence-electron chi connectivity index (χ1n) is 8.86. The third-order valence-corrected chi connectivity index (χ3v) is 4.91. The van der Waals surface area contributed by atoms with E-state index in [1.165, 1.54) is 0 Å². The number of rotatable bonds is 5. The van der Waals surface area contributed by atoms with Crippen molar-refractivity contribution < 1.29 is 14.3 Å². The van der Waals surface area contributed by atoms with Gasteiger partial charge in [-0.1, -0.05) is 12.1 Å². The molecule has 2 heterocycles. The van der Waals surface area contributed by atoms with Gasteiger partial charge in [-0.25, -0.2) is 0 Å². The van der Waals surface area contributed by atoms with Crippen LogP contribution in [0.5, 0.6) is 0 Å². The smallest absolute Gasteiger partial charge is 0.232 e. The van der Waals surface area contributed by atoms with Crippen LogP contribution in [-0.4, -0.2) is 49.1 Å². The number of hydrogen-bond donors (Lipinski definition) is 0. The van der Waals surface area contributed by atoms with E-state index in [0.717, 1.165) is 30.7 Å². The van der Waals surface area contributed by atoms with E-state index >= 15 is 0 Å². The van der Waals surface area contributed by atoms with Crippen molar-refractivity contribution in [3.8, 4) is 0 Å². The van der Waals surface area contributed by atoms with Gasteiger partial charge in [0, 0.05) is 38.3 Å². The van der Waals surface area contributed by atoms with Gasteiger partial charge in [-0.15, -0.1) is 0 Å². The fraction of sp³-hybridized carbons (Fsp3) is 0.579. The molecule has 0 aliphatic carbocycles. The Morgan fingerprint density at radius 3 is 2.92 bits per heavy atom. The molecule has 2 amide bonds. The first kappa shape index (κ1) is 17.0. The van der Waals surface area contributed by atoms with Gasteiger partial charge in [-0.3, -0.25) is 9.59 Å². The molecule has 1 aromatic carbocycles. The van der Waals surface area contributed by atoms with Gasteiger partial charge in [0.25, 0.3) is 0 Å². The van der Waals surface area contributed by atoms with Gasteiger partial charge in [0.15, 0.2) is 0 Å². The summed E-state index contributed by atoms with van der Waals surface area (Å²) in [6, 6.07) is 7.95. The van der Waals surface area contributed by atoms with Crippen molar-refractivity contribution in [2.45, 2.75) is 39.2 Å². The lowest BCUT2D eigenvalue weighted by Gasteiger charge is -2.25. The minimum atomic E-state index is -0.251. The second-order valence-electron chi connectivity index (χ2n) is 6.76. The Morgan fingerprint density at radius 2 is 2.25 bits per heavy atom. The van der Waals surface area contributed by atoms with Crippen LogP contribution in [0, 0.1) is 12.8 Å². The van der Waals surface area contributed by atoms with Gasteiger partial charge in [-0.05, 0) is 44.4 Å². The van der Waals surface area contributed by atoms with E-state index in [9.17, 15) is 9.59 Å². The number of ether oxygens (including phenoxy) is 1. The molecule has 1 aromatic rings. The third-order valence-electron chi connectivity index (χ3n) is 4.91. The Labute approximate surface area is 143 Å². The average molecular weight is 330 g/mol. The molecule has 2 saturated heterocycles. The maximum Gasteiger partial charge on any atom is 0.232 e. The van der Waals surface area contributed by atoms with E-state index in [-0.39, 0.29) is 23.8 Å². The van der Waals surface area contributed by atoms with E-state index in [1.807, 2.05) is 43.0 Å². The van der Waals surface area contributed by atoms with Gasteiger partial charge >= 0.3 is 0 Å². The van der Waals surface area contributed by atoms with Crippen LogP contribution in [0.3, 0.4) is 0 Å². The molecular weight excluding hydrogens is 304 g/mol. The van der Waals surface area contributed by atoms with E-state index in [2.05, 4.69) is 0 Å². The van der Waals surface area contributed by atoms with Crippen LogP contribution in [0.25, 0.3) is 0 Å². The summed E-state index contributed by atoms with van der Waals surface area (Å²) >= 11 is 0. The minimum Gasteiger partial charge on any atom is -0.376 e. The second kappa shape index (κ2) is 7.34. The van der Waals surface area contributed by atoms with Gasteiger partial charge in [0.05, 0.1) is 12.0 Å². The molecule has 0 bridgehead atoms. The van der Waals surface area contributed by atoms with Gasteiger partial charge < -0.3 is 14.5 Å². The molecule has 130 valence electrons. The van der Waals surface area contributed by atoms with Gasteiger partial charge in [0.1, 0.15) is 0 Å². The highest BCUT2D eigenvalue weighted by Crippen LogP contribution is 2.25. The number of likely N-dealkylation sites (tertiary alicyclic amines) is 1. The van der Waals surface area contributed by atoms with Crippen LogP contribution in [0.1, 0.15) is 31.7 Å². The molecule has 0 saturated carbocycles. The molecule has 24 heavy (non-hydrogen) atoms. The normalized spacial score (nSPS) is 23.8. The predicted molar refractivity (Wildman–Crippen MR) is 92.9 cm³/mol. The Kier molecular flexibility index (Phi) is 5.19. The van der Waals surface area contributed by atoms with Crippen LogP contribution in [0.4, 0.5) is 5.69 Å². The van der Waals surface area contributed by atoms with Crippen molar-refractivity contribution in [2.24, 2.45) is 5.92 Å². The van der Waals surface area contributed by atoms with Gasteiger partial charge in [-0.2, -0.15) is 0 Å². The number of carbonyl (C=O) groups excluding carboxylic acids is 2. The fourth-order valence-electron chi connectivity index (χ4n) is 3.63. The average Bonchev–Trinajstić information content (AvgIpc) is 3.19. The number of nitrogens with zero attached hydrogens (tertiary/aromatic N) is 2. The van der Waals surface area contributed by atoms with Crippen LogP contribution in [0.2, 0.25) is 0 Å². The summed E-state index contributed by atoms with van der Waals surface area (Å²) in [5.41, 5.74) is 2.04. The summed E-state index contributed by atoms with van der Waals surface area (Å²) in [4.78, 5) is 28.8. The topological polar surface area (TPSA) is 49.9 Å². The molecule has 2 aliphatic rings. The minimum absolute atomic E-state index is 0.0475. The van der Waals surface area contributed by atoms with Crippen molar-refractivity contribution in [3.63, 3.8) is 0 Å². The molecule has 5 nitrogen and oxygen atoms in total. The Hall–Kier alpha value is -1.88. The first-order valence-corrected chi connectivity index (χ1v) is 8.86. The fourth-order valence-corrected chi connectivity index (χ4v) is 3.63. The second-order valence-corrected chi connectivity index (χ2v) is 6.76. The molecule has 3 rings (SSSR count). The summed E-state index contributed by atoms with van der Waals surface area (Å²) in [6.45, 7) is 6.52. The van der Waals surface area contributed by atoms with Crippen molar-refractivity contribution in [1.29, 1.82) is 0 Å². The first-order chi connectivity index (χ1) is 11.6. The highest BCUT2D eigenvalue weighted by atomic mass is 16.5. The predicted octanol–water partition coefficient (Wildman–Crippen LogP) is 2.38. The molecule has 0 N–H and O–H groups in total. The quantitative estimate of drug-likeness (QED) is 0.833. The molecule has 0 spiro atoms. The number of carbonyl (C=O) groups is 2. The maximum atomic E-state index is 12.9. The highest BCUT2D eigenvalue weighted by Gasteiger charge is 2.37. The Balaban J connectivity index is 1.66. The maximum absolute atomic E-state index is 12.9. The standard InChI is InChI=1S/C19H26N2O3/c1-3-21(16-7-4-6-14(2)10-16)19(23)15-11-18(22)20(12-15)13-17-8-5-9-24-17/h4,6-7,10,15,17H,3,5,8-9,11-13H2,1-2H3. The summed E-state index contributed by atoms with van der Waals surface area (Å²) in [5, 5.41) is 0. The lowest BCUT2D eigenvalue weighted by molar-refractivity contribution is -0.129. The number of aryl methyl sites for hydroxylation is 1. The van der Waals surface area contributed by atoms with Crippen molar-refractivity contribution in [3.05, 3.63) is 29.8 Å². The summed E-state index contributed by atoms with van der Waals surface area (Å²) in [5.74, 6) is -0.130. The summed E-state index contributed by atoms with van der Waals surface area (Å²) < 4.78 is 5.62. The van der Waals surface area contributed by atoms with Crippen LogP contribution in [-0.2, 0) is 14.3 Å². The molecule has 2 fully saturated rings. The zero-order valence-electron chi connectivity index (χ0n) is 14.5. The van der Waals surface area contributed by atoms with Crippen molar-refractivity contribution in [1.82, 2.24) is 4.90 Å². The van der Waals surface area contributed by atoms with E-state index in [0.29, 0.717) is 26.1 Å². The molecule has 5 heteroatoms. The summed E-state index contributed by atoms with van der Waals surface area (Å²) in [6.07, 6.45) is 2.52. The van der Waals surface area contributed by atoms with E-state index in [4.69, 9.17) is 4.74 Å². The van der Waals surface area contributed by atoms with E-state index in [1.54, 1.807) is 4.90 Å². The van der Waals surface area contributed by atoms with Crippen LogP contribution in [0.15, 0.2) is 24.3 Å². The number of anilines is 1. The molecule has 2 unspecified atom stereocenters. The van der Waals surface area contributed by atoms with Crippen LogP contribution >= 0.6 is 0 Å². The largest absolute Gasteiger partial charge is 0.376 e. The third kappa shape index (κ3) is 3.61. The lowest BCUT2D eigenvalue weighted by Crippen LogP contribution is -2.38. The van der Waals surface area contributed by atoms with Crippen LogP contribution < -0.4 is 4.90 Å². The SMILES string of the molecule is CCN(C(=O)C1CC(=O)N(CC2CCCO2)C1)c1cccc(C)c1. The number of benzene rings is 1.